The van der Waals surface area contributed by atoms with E-state index in [1.807, 2.05) is 6.21 Å². The van der Waals surface area contributed by atoms with Crippen molar-refractivity contribution < 1.29 is 0 Å². The van der Waals surface area contributed by atoms with E-state index in [2.05, 4.69) is 188 Å². The van der Waals surface area contributed by atoms with Crippen LogP contribution in [0.1, 0.15) is 11.1 Å². The molecule has 4 aromatic heterocycles. The first-order chi connectivity index (χ1) is 30.8. The average molecular weight is 797 g/mol. The molecule has 3 aliphatic rings. The van der Waals surface area contributed by atoms with Gasteiger partial charge in [0.15, 0.2) is 11.7 Å². The summed E-state index contributed by atoms with van der Waals surface area (Å²) in [6.07, 6.45) is 3.84. The number of nitrogens with zero attached hydrogens (tertiary/aromatic N) is 8. The van der Waals surface area contributed by atoms with E-state index in [1.54, 1.807) is 0 Å². The van der Waals surface area contributed by atoms with Gasteiger partial charge >= 0.3 is 0 Å². The van der Waals surface area contributed by atoms with E-state index in [0.717, 1.165) is 57.4 Å². The van der Waals surface area contributed by atoms with Crippen LogP contribution in [-0.2, 0) is 12.8 Å². The summed E-state index contributed by atoms with van der Waals surface area (Å²) in [6, 6.07) is 60.5. The molecule has 11 aromatic rings. The van der Waals surface area contributed by atoms with Gasteiger partial charge in [-0.2, -0.15) is 4.99 Å². The van der Waals surface area contributed by atoms with E-state index >= 15 is 0 Å². The van der Waals surface area contributed by atoms with Crippen molar-refractivity contribution in [3.05, 3.63) is 181 Å². The first-order valence-corrected chi connectivity index (χ1v) is 21.4. The van der Waals surface area contributed by atoms with Gasteiger partial charge in [0.25, 0.3) is 0 Å². The van der Waals surface area contributed by atoms with E-state index in [0.29, 0.717) is 18.3 Å². The number of rotatable bonds is 2. The molecule has 0 radical (unpaired) electrons. The van der Waals surface area contributed by atoms with Crippen molar-refractivity contribution >= 4 is 89.3 Å². The first-order valence-electron chi connectivity index (χ1n) is 21.4. The van der Waals surface area contributed by atoms with Crippen molar-refractivity contribution in [2.45, 2.75) is 18.9 Å². The lowest BCUT2D eigenvalue weighted by Gasteiger charge is -2.24. The number of aromatic nitrogens is 4. The zero-order chi connectivity index (χ0) is 40.5. The molecule has 292 valence electrons. The molecule has 62 heavy (non-hydrogen) atoms. The van der Waals surface area contributed by atoms with Gasteiger partial charge in [0.2, 0.25) is 5.96 Å². The average Bonchev–Trinajstić information content (AvgIpc) is 4.06. The SMILES string of the molecule is C1=NC2=NC(n3c4ccccc4c4cc5c(cc43)c3ccccc3n5-c3ccccc3)=NC[C@@H]2N=C1n1c2c(c3ccccc31)CCc1c-2n(-c2ccccc2)c2ccccc12. The lowest BCUT2D eigenvalue weighted by atomic mass is 9.92. The molecule has 0 saturated heterocycles. The highest BCUT2D eigenvalue weighted by atomic mass is 15.3. The Balaban J connectivity index is 0.923. The number of para-hydroxylation sites is 6. The van der Waals surface area contributed by atoms with Crippen LogP contribution in [-0.4, -0.2) is 54.7 Å². The molecular formula is C54H36N8. The maximum absolute atomic E-state index is 5.45. The third kappa shape index (κ3) is 4.60. The van der Waals surface area contributed by atoms with Crippen molar-refractivity contribution in [2.24, 2.45) is 20.0 Å². The topological polar surface area (TPSA) is 69.2 Å². The van der Waals surface area contributed by atoms with Gasteiger partial charge < -0.3 is 9.13 Å². The summed E-state index contributed by atoms with van der Waals surface area (Å²) in [5.74, 6) is 2.11. The first kappa shape index (κ1) is 33.7. The third-order valence-electron chi connectivity index (χ3n) is 13.3. The van der Waals surface area contributed by atoms with Gasteiger partial charge in [-0.3, -0.25) is 14.1 Å². The molecule has 14 rings (SSSR count). The third-order valence-corrected chi connectivity index (χ3v) is 13.3. The molecule has 2 aliphatic heterocycles. The van der Waals surface area contributed by atoms with Crippen LogP contribution >= 0.6 is 0 Å². The fraction of sp³-hybridized carbons (Fsp3) is 0.0741. The number of fused-ring (bicyclic) bond motifs is 14. The Labute approximate surface area is 355 Å². The normalized spacial score (nSPS) is 15.9. The number of amidine groups is 1. The standard InChI is InChI=1S/C54H36N8/c1-3-15-33(16-4-1)59-44-23-11-9-21-37(44)41-30-49-42(29-48(41)59)38-22-10-13-25-46(38)61(49)54-56-31-43-53(58-54)55-32-50(57-43)62-47-26-14-8-20-36(47)40-28-27-39-35-19-7-12-24-45(35)60(51(39)52(40)62)34-17-5-2-6-18-34/h1-26,29-30,32,43H,27-28,31H2/t43-/m0/s1. The highest BCUT2D eigenvalue weighted by Crippen LogP contribution is 2.46. The Kier molecular flexibility index (Phi) is 6.91. The lowest BCUT2D eigenvalue weighted by Crippen LogP contribution is -2.34. The van der Waals surface area contributed by atoms with Crippen LogP contribution in [0.2, 0.25) is 0 Å². The minimum Gasteiger partial charge on any atom is -0.309 e. The van der Waals surface area contributed by atoms with Gasteiger partial charge in [0.1, 0.15) is 6.04 Å². The van der Waals surface area contributed by atoms with Crippen LogP contribution in [0.3, 0.4) is 0 Å². The summed E-state index contributed by atoms with van der Waals surface area (Å²) >= 11 is 0. The maximum atomic E-state index is 5.45. The Morgan fingerprint density at radius 3 is 1.50 bits per heavy atom. The van der Waals surface area contributed by atoms with Gasteiger partial charge in [-0.1, -0.05) is 109 Å². The van der Waals surface area contributed by atoms with Crippen molar-refractivity contribution in [3.63, 3.8) is 0 Å². The number of aliphatic imine (C=N–C) groups is 4. The van der Waals surface area contributed by atoms with Gasteiger partial charge in [0, 0.05) is 43.7 Å². The highest BCUT2D eigenvalue weighted by Gasteiger charge is 2.34. The van der Waals surface area contributed by atoms with Crippen LogP contribution in [0.5, 0.6) is 0 Å². The molecule has 0 fully saturated rings. The van der Waals surface area contributed by atoms with Crippen LogP contribution in [0.25, 0.3) is 88.2 Å². The summed E-state index contributed by atoms with van der Waals surface area (Å²) in [6.45, 7) is 0.440. The van der Waals surface area contributed by atoms with Crippen molar-refractivity contribution in [3.8, 4) is 22.8 Å². The van der Waals surface area contributed by atoms with E-state index < -0.39 is 0 Å². The van der Waals surface area contributed by atoms with Gasteiger partial charge in [-0.15, -0.1) is 0 Å². The second-order valence-corrected chi connectivity index (χ2v) is 16.5. The molecule has 0 saturated carbocycles. The Hall–Kier alpha value is -8.10. The maximum Gasteiger partial charge on any atom is 0.231 e. The quantitative estimate of drug-likeness (QED) is 0.167. The predicted molar refractivity (Wildman–Crippen MR) is 256 cm³/mol. The zero-order valence-corrected chi connectivity index (χ0v) is 33.5. The van der Waals surface area contributed by atoms with Gasteiger partial charge in [-0.25, -0.2) is 9.98 Å². The number of hydrogen-bond acceptors (Lipinski definition) is 4. The minimum absolute atomic E-state index is 0.317. The molecule has 1 atom stereocenters. The predicted octanol–water partition coefficient (Wildman–Crippen LogP) is 11.6. The largest absolute Gasteiger partial charge is 0.309 e. The fourth-order valence-corrected chi connectivity index (χ4v) is 10.7. The summed E-state index contributed by atoms with van der Waals surface area (Å²) in [4.78, 5) is 21.1. The molecule has 8 nitrogen and oxygen atoms in total. The zero-order valence-electron chi connectivity index (χ0n) is 33.5. The number of hydrogen-bond donors (Lipinski definition) is 0. The monoisotopic (exact) mass is 796 g/mol. The molecule has 7 aromatic carbocycles. The number of benzene rings is 7. The molecule has 0 bridgehead atoms. The molecular weight excluding hydrogens is 761 g/mol. The second kappa shape index (κ2) is 12.7. The smallest absolute Gasteiger partial charge is 0.231 e. The van der Waals surface area contributed by atoms with E-state index in [4.69, 9.17) is 20.0 Å². The number of aryl methyl sites for hydroxylation is 2. The van der Waals surface area contributed by atoms with Crippen molar-refractivity contribution in [1.82, 2.24) is 18.3 Å². The summed E-state index contributed by atoms with van der Waals surface area (Å²) in [5, 5.41) is 7.25. The van der Waals surface area contributed by atoms with E-state index in [-0.39, 0.29) is 6.04 Å². The van der Waals surface area contributed by atoms with Gasteiger partial charge in [0.05, 0.1) is 57.2 Å². The minimum atomic E-state index is -0.317. The molecule has 0 N–H and O–H groups in total. The van der Waals surface area contributed by atoms with Crippen LogP contribution in [0.4, 0.5) is 0 Å². The van der Waals surface area contributed by atoms with Crippen LogP contribution in [0.15, 0.2) is 190 Å². The Bertz CT molecular complexity index is 3830. The summed E-state index contributed by atoms with van der Waals surface area (Å²) in [7, 11) is 0. The molecule has 6 heterocycles. The van der Waals surface area contributed by atoms with Crippen LogP contribution < -0.4 is 0 Å². The molecule has 0 amide bonds. The second-order valence-electron chi connectivity index (χ2n) is 16.5. The van der Waals surface area contributed by atoms with Crippen molar-refractivity contribution in [1.29, 1.82) is 0 Å². The highest BCUT2D eigenvalue weighted by molar-refractivity contribution is 6.37. The van der Waals surface area contributed by atoms with E-state index in [9.17, 15) is 0 Å². The summed E-state index contributed by atoms with van der Waals surface area (Å²) in [5.41, 5.74) is 14.2. The fourth-order valence-electron chi connectivity index (χ4n) is 10.7. The molecule has 0 unspecified atom stereocenters. The summed E-state index contributed by atoms with van der Waals surface area (Å²) < 4.78 is 9.39. The molecule has 1 aliphatic carbocycles. The van der Waals surface area contributed by atoms with E-state index in [1.165, 1.54) is 60.6 Å². The molecule has 8 heteroatoms. The molecule has 0 spiro atoms. The Morgan fingerprint density at radius 1 is 0.419 bits per heavy atom. The van der Waals surface area contributed by atoms with Crippen molar-refractivity contribution in [2.75, 3.05) is 6.54 Å². The Morgan fingerprint density at radius 2 is 0.887 bits per heavy atom. The van der Waals surface area contributed by atoms with Gasteiger partial charge in [-0.05, 0) is 84.6 Å². The lowest BCUT2D eigenvalue weighted by molar-refractivity contribution is 0.823. The van der Waals surface area contributed by atoms with Crippen LogP contribution in [0, 0.1) is 0 Å².